The molecule has 27 heavy (non-hydrogen) atoms. The molecule has 5 nitrogen and oxygen atoms in total. The van der Waals surface area contributed by atoms with Gasteiger partial charge < -0.3 is 4.74 Å². The maximum atomic E-state index is 11.8. The Hall–Kier alpha value is -2.37. The molecular formula is C22H29N3O2. The normalized spacial score (nSPS) is 16.6. The molecule has 2 aromatic rings. The number of piperazine rings is 1. The van der Waals surface area contributed by atoms with Crippen LogP contribution in [0.3, 0.4) is 0 Å². The predicted molar refractivity (Wildman–Crippen MR) is 109 cm³/mol. The summed E-state index contributed by atoms with van der Waals surface area (Å²) in [6, 6.07) is 20.6. The van der Waals surface area contributed by atoms with Crippen LogP contribution in [-0.2, 0) is 11.2 Å². The molecule has 1 aliphatic rings. The van der Waals surface area contributed by atoms with Crippen LogP contribution in [0.4, 0.5) is 10.5 Å². The van der Waals surface area contributed by atoms with E-state index in [0.29, 0.717) is 12.6 Å². The highest BCUT2D eigenvalue weighted by Gasteiger charge is 2.21. The first-order chi connectivity index (χ1) is 13.2. The van der Waals surface area contributed by atoms with Crippen molar-refractivity contribution in [1.82, 2.24) is 9.80 Å². The molecule has 0 saturated carbocycles. The molecule has 1 saturated heterocycles. The molecule has 5 heteroatoms. The van der Waals surface area contributed by atoms with Crippen molar-refractivity contribution in [3.63, 3.8) is 0 Å². The van der Waals surface area contributed by atoms with Crippen molar-refractivity contribution in [2.75, 3.05) is 44.6 Å². The fraction of sp³-hybridized carbons (Fsp3) is 0.409. The van der Waals surface area contributed by atoms with E-state index in [1.54, 1.807) is 0 Å². The quantitative estimate of drug-likeness (QED) is 0.814. The van der Waals surface area contributed by atoms with Crippen molar-refractivity contribution in [1.29, 1.82) is 0 Å². The summed E-state index contributed by atoms with van der Waals surface area (Å²) >= 11 is 0. The topological polar surface area (TPSA) is 44.8 Å². The predicted octanol–water partition coefficient (Wildman–Crippen LogP) is 3.48. The van der Waals surface area contributed by atoms with E-state index in [1.165, 1.54) is 5.56 Å². The molecule has 2 aromatic carbocycles. The van der Waals surface area contributed by atoms with E-state index in [4.69, 9.17) is 4.74 Å². The largest absolute Gasteiger partial charge is 0.448 e. The number of nitrogens with zero attached hydrogens (tertiary/aromatic N) is 2. The average Bonchev–Trinajstić information content (AvgIpc) is 2.70. The number of amides is 1. The van der Waals surface area contributed by atoms with Crippen molar-refractivity contribution in [3.8, 4) is 0 Å². The van der Waals surface area contributed by atoms with Crippen LogP contribution in [0.2, 0.25) is 0 Å². The Labute approximate surface area is 161 Å². The van der Waals surface area contributed by atoms with Gasteiger partial charge in [-0.15, -0.1) is 0 Å². The van der Waals surface area contributed by atoms with Gasteiger partial charge in [0.2, 0.25) is 0 Å². The molecule has 3 rings (SSSR count). The van der Waals surface area contributed by atoms with Gasteiger partial charge in [-0.05, 0) is 31.0 Å². The molecule has 0 aliphatic carbocycles. The number of nitrogens with one attached hydrogen (secondary N) is 1. The zero-order valence-electron chi connectivity index (χ0n) is 16.0. The molecule has 1 heterocycles. The Bertz CT molecular complexity index is 685. The summed E-state index contributed by atoms with van der Waals surface area (Å²) in [5, 5.41) is 2.74. The second kappa shape index (κ2) is 10.1. The first-order valence-electron chi connectivity index (χ1n) is 9.70. The summed E-state index contributed by atoms with van der Waals surface area (Å²) in [6.45, 7) is 7.65. The van der Waals surface area contributed by atoms with Crippen molar-refractivity contribution < 1.29 is 9.53 Å². The summed E-state index contributed by atoms with van der Waals surface area (Å²) in [5.74, 6) is 0. The van der Waals surface area contributed by atoms with E-state index < -0.39 is 6.09 Å². The Morgan fingerprint density at radius 3 is 2.30 bits per heavy atom. The molecule has 1 fully saturated rings. The maximum Gasteiger partial charge on any atom is 0.411 e. The third-order valence-electron chi connectivity index (χ3n) is 5.07. The molecule has 1 unspecified atom stereocenters. The molecule has 0 bridgehead atoms. The molecule has 0 spiro atoms. The number of carbonyl (C=O) groups is 1. The van der Waals surface area contributed by atoms with Crippen LogP contribution in [0, 0.1) is 0 Å². The van der Waals surface area contributed by atoms with Crippen molar-refractivity contribution in [2.45, 2.75) is 19.4 Å². The third-order valence-corrected chi connectivity index (χ3v) is 5.07. The minimum Gasteiger partial charge on any atom is -0.448 e. The van der Waals surface area contributed by atoms with Crippen LogP contribution in [-0.4, -0.2) is 61.3 Å². The molecule has 1 atom stereocenters. The van der Waals surface area contributed by atoms with Crippen LogP contribution < -0.4 is 5.32 Å². The summed E-state index contributed by atoms with van der Waals surface area (Å²) in [7, 11) is 0. The fourth-order valence-corrected chi connectivity index (χ4v) is 3.45. The highest BCUT2D eigenvalue weighted by Crippen LogP contribution is 2.12. The number of hydrogen-bond acceptors (Lipinski definition) is 4. The van der Waals surface area contributed by atoms with E-state index in [0.717, 1.165) is 44.8 Å². The Balaban J connectivity index is 1.32. The minimum atomic E-state index is -0.392. The SMILES string of the molecule is CC(Cc1ccccc1)N1CCN(CCOC(=O)Nc2ccccc2)CC1. The smallest absolute Gasteiger partial charge is 0.411 e. The number of hydrogen-bond donors (Lipinski definition) is 1. The van der Waals surface area contributed by atoms with Crippen LogP contribution in [0.25, 0.3) is 0 Å². The van der Waals surface area contributed by atoms with Crippen molar-refractivity contribution >= 4 is 11.8 Å². The Morgan fingerprint density at radius 2 is 1.63 bits per heavy atom. The number of rotatable bonds is 7. The van der Waals surface area contributed by atoms with Crippen LogP contribution in [0.1, 0.15) is 12.5 Å². The second-order valence-electron chi connectivity index (χ2n) is 7.04. The standard InChI is InChI=1S/C22H29N3O2/c1-19(18-20-8-4-2-5-9-20)25-14-12-24(13-15-25)16-17-27-22(26)23-21-10-6-3-7-11-21/h2-11,19H,12-18H2,1H3,(H,23,26). The lowest BCUT2D eigenvalue weighted by Gasteiger charge is -2.38. The highest BCUT2D eigenvalue weighted by atomic mass is 16.5. The molecule has 1 aliphatic heterocycles. The monoisotopic (exact) mass is 367 g/mol. The number of anilines is 1. The van der Waals surface area contributed by atoms with Gasteiger partial charge in [0.1, 0.15) is 6.61 Å². The molecule has 1 N–H and O–H groups in total. The van der Waals surface area contributed by atoms with Gasteiger partial charge in [-0.3, -0.25) is 15.1 Å². The van der Waals surface area contributed by atoms with Gasteiger partial charge in [0.25, 0.3) is 0 Å². The van der Waals surface area contributed by atoms with Gasteiger partial charge in [0.15, 0.2) is 0 Å². The van der Waals surface area contributed by atoms with Crippen molar-refractivity contribution in [3.05, 3.63) is 66.2 Å². The lowest BCUT2D eigenvalue weighted by Crippen LogP contribution is -2.50. The highest BCUT2D eigenvalue weighted by molar-refractivity contribution is 5.84. The van der Waals surface area contributed by atoms with Crippen LogP contribution >= 0.6 is 0 Å². The number of para-hydroxylation sites is 1. The molecule has 0 radical (unpaired) electrons. The first kappa shape index (κ1) is 19.4. The van der Waals surface area contributed by atoms with Gasteiger partial charge in [0.05, 0.1) is 0 Å². The summed E-state index contributed by atoms with van der Waals surface area (Å²) in [5.41, 5.74) is 2.15. The minimum absolute atomic E-state index is 0.392. The van der Waals surface area contributed by atoms with Gasteiger partial charge >= 0.3 is 6.09 Å². The van der Waals surface area contributed by atoms with E-state index in [-0.39, 0.29) is 0 Å². The van der Waals surface area contributed by atoms with E-state index in [9.17, 15) is 4.79 Å². The Morgan fingerprint density at radius 1 is 1.00 bits per heavy atom. The number of benzene rings is 2. The number of carbonyl (C=O) groups excluding carboxylic acids is 1. The van der Waals surface area contributed by atoms with Gasteiger partial charge in [-0.25, -0.2) is 4.79 Å². The Kier molecular flexibility index (Phi) is 7.25. The summed E-state index contributed by atoms with van der Waals surface area (Å²) in [4.78, 5) is 16.7. The molecule has 1 amide bonds. The van der Waals surface area contributed by atoms with Crippen molar-refractivity contribution in [2.24, 2.45) is 0 Å². The van der Waals surface area contributed by atoms with E-state index in [2.05, 4.69) is 52.4 Å². The molecular weight excluding hydrogens is 338 g/mol. The summed E-state index contributed by atoms with van der Waals surface area (Å²) in [6.07, 6.45) is 0.695. The fourth-order valence-electron chi connectivity index (χ4n) is 3.45. The molecule has 0 aromatic heterocycles. The van der Waals surface area contributed by atoms with E-state index >= 15 is 0 Å². The lowest BCUT2D eigenvalue weighted by molar-refractivity contribution is 0.0825. The summed E-state index contributed by atoms with van der Waals surface area (Å²) < 4.78 is 5.30. The first-order valence-corrected chi connectivity index (χ1v) is 9.70. The van der Waals surface area contributed by atoms with Crippen LogP contribution in [0.5, 0.6) is 0 Å². The van der Waals surface area contributed by atoms with E-state index in [1.807, 2.05) is 30.3 Å². The van der Waals surface area contributed by atoms with Gasteiger partial charge in [0, 0.05) is 44.5 Å². The lowest BCUT2D eigenvalue weighted by atomic mass is 10.1. The zero-order valence-corrected chi connectivity index (χ0v) is 16.0. The van der Waals surface area contributed by atoms with Crippen LogP contribution in [0.15, 0.2) is 60.7 Å². The zero-order chi connectivity index (χ0) is 18.9. The third kappa shape index (κ3) is 6.38. The average molecular weight is 367 g/mol. The van der Waals surface area contributed by atoms with Gasteiger partial charge in [-0.1, -0.05) is 48.5 Å². The number of ether oxygens (including phenoxy) is 1. The van der Waals surface area contributed by atoms with Gasteiger partial charge in [-0.2, -0.15) is 0 Å². The second-order valence-corrected chi connectivity index (χ2v) is 7.04. The maximum absolute atomic E-state index is 11.8. The molecule has 144 valence electrons.